The van der Waals surface area contributed by atoms with E-state index in [1.807, 2.05) is 0 Å². The fraction of sp³-hybridized carbons (Fsp3) is 0.889. The summed E-state index contributed by atoms with van der Waals surface area (Å²) < 4.78 is 0. The van der Waals surface area contributed by atoms with Crippen LogP contribution in [0.15, 0.2) is 12.2 Å². The molecule has 1 rings (SSSR count). The standard InChI is InChI=1S/C18H35B/c1-11(2)9-15-10-16(12(3)4)17(13(5)6)18(19-8)14(15)7/h11,13-19H,3,9-10H2,1-2,4-8H3. The number of rotatable bonds is 5. The van der Waals surface area contributed by atoms with Crippen LogP contribution in [0.2, 0.25) is 12.6 Å². The molecule has 0 saturated heterocycles. The van der Waals surface area contributed by atoms with Crippen molar-refractivity contribution < 1.29 is 0 Å². The molecular weight excluding hydrogens is 227 g/mol. The number of hydrogen-bond acceptors (Lipinski definition) is 0. The molecule has 0 aromatic heterocycles. The van der Waals surface area contributed by atoms with Crippen molar-refractivity contribution in [2.24, 2.45) is 35.5 Å². The van der Waals surface area contributed by atoms with Crippen molar-refractivity contribution in [3.63, 3.8) is 0 Å². The van der Waals surface area contributed by atoms with Crippen molar-refractivity contribution in [2.45, 2.75) is 67.0 Å². The molecule has 0 heterocycles. The van der Waals surface area contributed by atoms with Crippen LogP contribution in [0.5, 0.6) is 0 Å². The molecule has 1 aliphatic carbocycles. The Balaban J connectivity index is 2.99. The summed E-state index contributed by atoms with van der Waals surface area (Å²) in [6.07, 6.45) is 2.78. The minimum absolute atomic E-state index is 0.755. The molecule has 0 aromatic carbocycles. The predicted octanol–water partition coefficient (Wildman–Crippen LogP) is 5.43. The van der Waals surface area contributed by atoms with Gasteiger partial charge in [-0.2, -0.15) is 0 Å². The normalized spacial score (nSPS) is 35.7. The minimum Gasteiger partial charge on any atom is -0.0999 e. The first-order valence-electron chi connectivity index (χ1n) is 8.44. The van der Waals surface area contributed by atoms with Crippen LogP contribution in [-0.2, 0) is 0 Å². The molecule has 110 valence electrons. The van der Waals surface area contributed by atoms with Crippen molar-refractivity contribution in [1.82, 2.24) is 0 Å². The molecule has 0 N–H and O–H groups in total. The topological polar surface area (TPSA) is 0 Å². The SMILES string of the molecule is C=C(C)C1CC(CC(C)C)C(C)C(BC)C1C(C)C. The van der Waals surface area contributed by atoms with E-state index >= 15 is 0 Å². The van der Waals surface area contributed by atoms with Gasteiger partial charge in [0.15, 0.2) is 0 Å². The molecule has 1 fully saturated rings. The third-order valence-corrected chi connectivity index (χ3v) is 5.58. The van der Waals surface area contributed by atoms with Crippen molar-refractivity contribution in [2.75, 3.05) is 0 Å². The lowest BCUT2D eigenvalue weighted by Gasteiger charge is -2.49. The van der Waals surface area contributed by atoms with Gasteiger partial charge in [-0.25, -0.2) is 0 Å². The van der Waals surface area contributed by atoms with E-state index < -0.39 is 0 Å². The van der Waals surface area contributed by atoms with Gasteiger partial charge in [-0.3, -0.25) is 0 Å². The Kier molecular flexibility index (Phi) is 6.21. The molecule has 1 heteroatoms. The molecule has 1 saturated carbocycles. The van der Waals surface area contributed by atoms with E-state index in [-0.39, 0.29) is 0 Å². The Hall–Kier alpha value is -0.195. The quantitative estimate of drug-likeness (QED) is 0.458. The second-order valence-corrected chi connectivity index (χ2v) is 7.83. The molecule has 5 atom stereocenters. The van der Waals surface area contributed by atoms with Gasteiger partial charge in [0.05, 0.1) is 0 Å². The van der Waals surface area contributed by atoms with E-state index in [2.05, 4.69) is 54.9 Å². The summed E-state index contributed by atoms with van der Waals surface area (Å²) in [5, 5.41) is 0. The van der Waals surface area contributed by atoms with Crippen LogP contribution < -0.4 is 0 Å². The molecule has 1 aliphatic rings. The first-order chi connectivity index (χ1) is 8.79. The summed E-state index contributed by atoms with van der Waals surface area (Å²) in [6, 6.07) is 0. The van der Waals surface area contributed by atoms with E-state index in [1.165, 1.54) is 25.7 Å². The Morgan fingerprint density at radius 3 is 2.21 bits per heavy atom. The molecular formula is C18H35B. The highest BCUT2D eigenvalue weighted by atomic mass is 14.4. The predicted molar refractivity (Wildman–Crippen MR) is 90.1 cm³/mol. The number of hydrogen-bond donors (Lipinski definition) is 0. The van der Waals surface area contributed by atoms with Gasteiger partial charge in [-0.15, -0.1) is 0 Å². The zero-order valence-electron chi connectivity index (χ0n) is 14.4. The van der Waals surface area contributed by atoms with Crippen LogP contribution in [0.3, 0.4) is 0 Å². The first-order valence-corrected chi connectivity index (χ1v) is 8.44. The van der Waals surface area contributed by atoms with E-state index in [4.69, 9.17) is 0 Å². The molecule has 0 aliphatic heterocycles. The van der Waals surface area contributed by atoms with Crippen molar-refractivity contribution in [3.05, 3.63) is 12.2 Å². The summed E-state index contributed by atoms with van der Waals surface area (Å²) in [4.78, 5) is 0. The minimum atomic E-state index is 0.755. The summed E-state index contributed by atoms with van der Waals surface area (Å²) in [6.45, 7) is 21.1. The van der Waals surface area contributed by atoms with Crippen LogP contribution in [0.4, 0.5) is 0 Å². The Morgan fingerprint density at radius 1 is 1.26 bits per heavy atom. The first kappa shape index (κ1) is 16.9. The van der Waals surface area contributed by atoms with Crippen LogP contribution in [-0.4, -0.2) is 7.28 Å². The molecule has 0 amide bonds. The van der Waals surface area contributed by atoms with Crippen LogP contribution in [0.25, 0.3) is 0 Å². The highest BCUT2D eigenvalue weighted by Crippen LogP contribution is 2.52. The van der Waals surface area contributed by atoms with Gasteiger partial charge in [-0.1, -0.05) is 59.4 Å². The van der Waals surface area contributed by atoms with Crippen LogP contribution in [0, 0.1) is 35.5 Å². The van der Waals surface area contributed by atoms with Crippen molar-refractivity contribution in [3.8, 4) is 0 Å². The zero-order valence-corrected chi connectivity index (χ0v) is 14.4. The monoisotopic (exact) mass is 262 g/mol. The fourth-order valence-corrected chi connectivity index (χ4v) is 4.75. The van der Waals surface area contributed by atoms with Gasteiger partial charge in [0.25, 0.3) is 0 Å². The second kappa shape index (κ2) is 7.00. The highest BCUT2D eigenvalue weighted by Gasteiger charge is 2.42. The van der Waals surface area contributed by atoms with Crippen molar-refractivity contribution >= 4 is 7.28 Å². The van der Waals surface area contributed by atoms with Gasteiger partial charge in [0, 0.05) is 0 Å². The van der Waals surface area contributed by atoms with E-state index in [1.54, 1.807) is 0 Å². The van der Waals surface area contributed by atoms with Gasteiger partial charge in [-0.05, 0) is 55.3 Å². The molecule has 0 radical (unpaired) electrons. The summed E-state index contributed by atoms with van der Waals surface area (Å²) in [7, 11) is 1.34. The van der Waals surface area contributed by atoms with E-state index in [0.717, 1.165) is 41.3 Å². The Labute approximate surface area is 122 Å². The molecule has 5 unspecified atom stereocenters. The zero-order chi connectivity index (χ0) is 14.7. The van der Waals surface area contributed by atoms with Crippen molar-refractivity contribution in [1.29, 1.82) is 0 Å². The number of allylic oxidation sites excluding steroid dienone is 1. The van der Waals surface area contributed by atoms with Gasteiger partial charge < -0.3 is 0 Å². The van der Waals surface area contributed by atoms with Crippen LogP contribution >= 0.6 is 0 Å². The molecule has 0 aromatic rings. The maximum absolute atomic E-state index is 4.32. The Bertz CT molecular complexity index is 292. The fourth-order valence-electron chi connectivity index (χ4n) is 4.75. The van der Waals surface area contributed by atoms with Gasteiger partial charge in [0.1, 0.15) is 7.28 Å². The average molecular weight is 262 g/mol. The van der Waals surface area contributed by atoms with Gasteiger partial charge >= 0.3 is 0 Å². The van der Waals surface area contributed by atoms with Crippen LogP contribution in [0.1, 0.15) is 54.4 Å². The Morgan fingerprint density at radius 2 is 1.84 bits per heavy atom. The molecule has 0 nitrogen and oxygen atoms in total. The maximum atomic E-state index is 4.32. The van der Waals surface area contributed by atoms with E-state index in [0.29, 0.717) is 0 Å². The van der Waals surface area contributed by atoms with E-state index in [9.17, 15) is 0 Å². The third-order valence-electron chi connectivity index (χ3n) is 5.58. The lowest BCUT2D eigenvalue weighted by molar-refractivity contribution is 0.0971. The van der Waals surface area contributed by atoms with Gasteiger partial charge in [0.2, 0.25) is 0 Å². The summed E-state index contributed by atoms with van der Waals surface area (Å²) in [5.74, 6) is 5.89. The second-order valence-electron chi connectivity index (χ2n) is 7.83. The summed E-state index contributed by atoms with van der Waals surface area (Å²) in [5.41, 5.74) is 1.43. The average Bonchev–Trinajstić information content (AvgIpc) is 2.29. The third kappa shape index (κ3) is 3.89. The lowest BCUT2D eigenvalue weighted by atomic mass is 9.45. The molecule has 0 spiro atoms. The largest absolute Gasteiger partial charge is 0.121 e. The lowest BCUT2D eigenvalue weighted by Crippen LogP contribution is -2.41. The maximum Gasteiger partial charge on any atom is 0.121 e. The smallest absolute Gasteiger partial charge is 0.0999 e. The highest BCUT2D eigenvalue weighted by molar-refractivity contribution is 6.36. The molecule has 0 bridgehead atoms. The summed E-state index contributed by atoms with van der Waals surface area (Å²) >= 11 is 0. The molecule has 19 heavy (non-hydrogen) atoms.